The molecule has 1 heterocycles. The highest BCUT2D eigenvalue weighted by Crippen LogP contribution is 2.31. The summed E-state index contributed by atoms with van der Waals surface area (Å²) in [5.74, 6) is -0.169. The van der Waals surface area contributed by atoms with E-state index in [1.54, 1.807) is 36.9 Å². The van der Waals surface area contributed by atoms with Crippen molar-refractivity contribution in [2.75, 3.05) is 22.1 Å². The van der Waals surface area contributed by atoms with E-state index in [1.165, 1.54) is 0 Å². The van der Waals surface area contributed by atoms with Crippen LogP contribution in [-0.2, 0) is 16.0 Å². The quantitative estimate of drug-likeness (QED) is 0.814. The van der Waals surface area contributed by atoms with Gasteiger partial charge >= 0.3 is 0 Å². The molecule has 0 saturated heterocycles. The number of rotatable bonds is 4. The van der Waals surface area contributed by atoms with Crippen molar-refractivity contribution in [3.05, 3.63) is 52.0 Å². The van der Waals surface area contributed by atoms with Gasteiger partial charge in [0.15, 0.2) is 0 Å². The molecule has 1 aliphatic heterocycles. The van der Waals surface area contributed by atoms with E-state index in [2.05, 4.69) is 10.6 Å². The monoisotopic (exact) mass is 391 g/mol. The van der Waals surface area contributed by atoms with Crippen molar-refractivity contribution in [2.24, 2.45) is 0 Å². The maximum Gasteiger partial charge on any atom is 0.246 e. The number of nitrogens with one attached hydrogen (secondary N) is 2. The molecule has 7 heteroatoms. The topological polar surface area (TPSA) is 61.4 Å². The van der Waals surface area contributed by atoms with Gasteiger partial charge in [-0.15, -0.1) is 0 Å². The normalized spacial score (nSPS) is 13.9. The number of halogens is 2. The van der Waals surface area contributed by atoms with Gasteiger partial charge in [0.25, 0.3) is 0 Å². The van der Waals surface area contributed by atoms with Crippen molar-refractivity contribution in [2.45, 2.75) is 26.3 Å². The molecular weight excluding hydrogens is 373 g/mol. The fourth-order valence-corrected chi connectivity index (χ4v) is 3.42. The molecule has 0 bridgehead atoms. The van der Waals surface area contributed by atoms with Crippen LogP contribution in [0.5, 0.6) is 0 Å². The van der Waals surface area contributed by atoms with E-state index in [-0.39, 0.29) is 11.8 Å². The first-order valence-electron chi connectivity index (χ1n) is 8.28. The van der Waals surface area contributed by atoms with Crippen LogP contribution in [0.2, 0.25) is 10.0 Å². The van der Waals surface area contributed by atoms with Gasteiger partial charge in [0.1, 0.15) is 6.04 Å². The average molecular weight is 392 g/mol. The number of fused-ring (bicyclic) bond motifs is 1. The van der Waals surface area contributed by atoms with E-state index in [1.807, 2.05) is 18.2 Å². The van der Waals surface area contributed by atoms with Crippen molar-refractivity contribution in [1.29, 1.82) is 0 Å². The van der Waals surface area contributed by atoms with Gasteiger partial charge in [0.2, 0.25) is 11.8 Å². The second-order valence-electron chi connectivity index (χ2n) is 6.24. The zero-order chi connectivity index (χ0) is 18.8. The molecule has 0 aliphatic carbocycles. The second kappa shape index (κ2) is 7.56. The van der Waals surface area contributed by atoms with E-state index in [0.29, 0.717) is 22.3 Å². The molecule has 26 heavy (non-hydrogen) atoms. The average Bonchev–Trinajstić information content (AvgIpc) is 3.00. The predicted molar refractivity (Wildman–Crippen MR) is 106 cm³/mol. The minimum absolute atomic E-state index is 0.0389. The van der Waals surface area contributed by atoms with Crippen molar-refractivity contribution in [3.8, 4) is 0 Å². The first-order chi connectivity index (χ1) is 12.3. The molecular formula is C19H19Cl2N3O2. The molecule has 2 amide bonds. The van der Waals surface area contributed by atoms with Gasteiger partial charge in [-0.05, 0) is 55.3 Å². The molecule has 3 rings (SSSR count). The summed E-state index contributed by atoms with van der Waals surface area (Å²) in [5.41, 5.74) is 3.38. The highest BCUT2D eigenvalue weighted by atomic mass is 35.5. The fraction of sp³-hybridized carbons (Fsp3) is 0.263. The lowest BCUT2D eigenvalue weighted by Gasteiger charge is -2.18. The van der Waals surface area contributed by atoms with E-state index in [9.17, 15) is 9.59 Å². The number of hydrogen-bond acceptors (Lipinski definition) is 3. The Hall–Kier alpha value is -2.24. The summed E-state index contributed by atoms with van der Waals surface area (Å²) in [5, 5.41) is 6.87. The predicted octanol–water partition coefficient (Wildman–Crippen LogP) is 4.34. The van der Waals surface area contributed by atoms with Gasteiger partial charge in [-0.25, -0.2) is 0 Å². The van der Waals surface area contributed by atoms with Crippen LogP contribution in [-0.4, -0.2) is 24.4 Å². The molecule has 1 unspecified atom stereocenters. The van der Waals surface area contributed by atoms with Crippen LogP contribution in [0.15, 0.2) is 36.4 Å². The van der Waals surface area contributed by atoms with Gasteiger partial charge in [0.05, 0.1) is 10.7 Å². The van der Waals surface area contributed by atoms with Crippen molar-refractivity contribution < 1.29 is 9.59 Å². The molecule has 0 aromatic heterocycles. The lowest BCUT2D eigenvalue weighted by Crippen LogP contribution is -2.32. The third kappa shape index (κ3) is 3.94. The molecule has 2 aromatic rings. The summed E-state index contributed by atoms with van der Waals surface area (Å²) in [6.45, 7) is 4.03. The zero-order valence-electron chi connectivity index (χ0n) is 14.5. The third-order valence-corrected chi connectivity index (χ3v) is 4.87. The van der Waals surface area contributed by atoms with Gasteiger partial charge < -0.3 is 15.5 Å². The first-order valence-corrected chi connectivity index (χ1v) is 9.04. The standard InChI is InChI=1S/C19H19Cl2N3O2/c1-11(19(26)23-17-5-3-14(20)10-16(17)21)22-15-4-6-18-13(9-15)7-8-24(18)12(2)25/h3-6,9-11,22H,7-8H2,1-2H3,(H,23,26). The molecule has 0 spiro atoms. The van der Waals surface area contributed by atoms with E-state index in [4.69, 9.17) is 23.2 Å². The summed E-state index contributed by atoms with van der Waals surface area (Å²) in [7, 11) is 0. The zero-order valence-corrected chi connectivity index (χ0v) is 16.0. The number of carbonyl (C=O) groups excluding carboxylic acids is 2. The number of carbonyl (C=O) groups is 2. The molecule has 136 valence electrons. The Labute approximate surface area is 162 Å². The Morgan fingerprint density at radius 2 is 1.92 bits per heavy atom. The molecule has 1 aliphatic rings. The molecule has 5 nitrogen and oxygen atoms in total. The Kier molecular flexibility index (Phi) is 5.39. The molecule has 2 aromatic carbocycles. The van der Waals surface area contributed by atoms with Gasteiger partial charge in [0, 0.05) is 29.9 Å². The maximum atomic E-state index is 12.4. The minimum atomic E-state index is -0.467. The Morgan fingerprint density at radius 3 is 2.62 bits per heavy atom. The Balaban J connectivity index is 1.67. The largest absolute Gasteiger partial charge is 0.374 e. The number of nitrogens with zero attached hydrogens (tertiary/aromatic N) is 1. The number of hydrogen-bond donors (Lipinski definition) is 2. The third-order valence-electron chi connectivity index (χ3n) is 4.32. The lowest BCUT2D eigenvalue weighted by molar-refractivity contribution is -0.117. The summed E-state index contributed by atoms with van der Waals surface area (Å²) in [6, 6.07) is 10.2. The SMILES string of the molecule is CC(=O)N1CCc2cc(NC(C)C(=O)Nc3ccc(Cl)cc3Cl)ccc21. The summed E-state index contributed by atoms with van der Waals surface area (Å²) >= 11 is 12.0. The van der Waals surface area contributed by atoms with E-state index in [0.717, 1.165) is 23.4 Å². The van der Waals surface area contributed by atoms with Gasteiger partial charge in [-0.1, -0.05) is 23.2 Å². The van der Waals surface area contributed by atoms with Crippen LogP contribution < -0.4 is 15.5 Å². The number of anilines is 3. The van der Waals surface area contributed by atoms with Crippen LogP contribution in [0.25, 0.3) is 0 Å². The summed E-state index contributed by atoms with van der Waals surface area (Å²) < 4.78 is 0. The highest BCUT2D eigenvalue weighted by molar-refractivity contribution is 6.36. The lowest BCUT2D eigenvalue weighted by atomic mass is 10.1. The number of amides is 2. The summed E-state index contributed by atoms with van der Waals surface area (Å²) in [6.07, 6.45) is 0.811. The fourth-order valence-electron chi connectivity index (χ4n) is 2.97. The van der Waals surface area contributed by atoms with Crippen LogP contribution in [0.3, 0.4) is 0 Å². The smallest absolute Gasteiger partial charge is 0.246 e. The van der Waals surface area contributed by atoms with Crippen molar-refractivity contribution in [3.63, 3.8) is 0 Å². The van der Waals surface area contributed by atoms with Crippen molar-refractivity contribution >= 4 is 52.1 Å². The minimum Gasteiger partial charge on any atom is -0.374 e. The van der Waals surface area contributed by atoms with Crippen molar-refractivity contribution in [1.82, 2.24) is 0 Å². The van der Waals surface area contributed by atoms with E-state index < -0.39 is 6.04 Å². The molecule has 0 saturated carbocycles. The molecule has 0 radical (unpaired) electrons. The van der Waals surface area contributed by atoms with Crippen LogP contribution in [0, 0.1) is 0 Å². The van der Waals surface area contributed by atoms with E-state index >= 15 is 0 Å². The van der Waals surface area contributed by atoms with Crippen LogP contribution in [0.1, 0.15) is 19.4 Å². The Bertz CT molecular complexity index is 870. The molecule has 1 atom stereocenters. The second-order valence-corrected chi connectivity index (χ2v) is 7.09. The highest BCUT2D eigenvalue weighted by Gasteiger charge is 2.23. The first kappa shape index (κ1) is 18.5. The van der Waals surface area contributed by atoms with Crippen LogP contribution >= 0.6 is 23.2 Å². The molecule has 2 N–H and O–H groups in total. The van der Waals surface area contributed by atoms with Crippen LogP contribution in [0.4, 0.5) is 17.1 Å². The maximum absolute atomic E-state index is 12.4. The number of benzene rings is 2. The van der Waals surface area contributed by atoms with Gasteiger partial charge in [-0.3, -0.25) is 9.59 Å². The van der Waals surface area contributed by atoms with Gasteiger partial charge in [-0.2, -0.15) is 0 Å². The molecule has 0 fully saturated rings. The Morgan fingerprint density at radius 1 is 1.15 bits per heavy atom. The summed E-state index contributed by atoms with van der Waals surface area (Å²) in [4.78, 5) is 25.8.